The van der Waals surface area contributed by atoms with E-state index in [1.54, 1.807) is 7.05 Å². The van der Waals surface area contributed by atoms with Crippen LogP contribution in [0.4, 0.5) is 0 Å². The molecule has 3 N–H and O–H groups in total. The Hall–Kier alpha value is -0.170. The van der Waals surface area contributed by atoms with Gasteiger partial charge in [-0.15, -0.1) is 0 Å². The van der Waals surface area contributed by atoms with Crippen LogP contribution < -0.4 is 15.4 Å². The Bertz CT molecular complexity index is 204. The van der Waals surface area contributed by atoms with Gasteiger partial charge in [-0.2, -0.15) is 0 Å². The van der Waals surface area contributed by atoms with Gasteiger partial charge in [0.15, 0.2) is 0 Å². The molecule has 0 atom stereocenters. The van der Waals surface area contributed by atoms with E-state index in [-0.39, 0.29) is 5.75 Å². The summed E-state index contributed by atoms with van der Waals surface area (Å²) in [7, 11) is 0.511. The zero-order valence-electron chi connectivity index (χ0n) is 8.26. The number of hydrogen-bond donors (Lipinski definition) is 3. The van der Waals surface area contributed by atoms with Crippen molar-refractivity contribution in [3.8, 4) is 0 Å². The normalized spacial score (nSPS) is 11.8. The van der Waals surface area contributed by atoms with E-state index in [4.69, 9.17) is 0 Å². The summed E-state index contributed by atoms with van der Waals surface area (Å²) in [5.41, 5.74) is 0. The molecule has 0 aromatic heterocycles. The van der Waals surface area contributed by atoms with Crippen LogP contribution in [0.5, 0.6) is 0 Å². The summed E-state index contributed by atoms with van der Waals surface area (Å²) in [6.45, 7) is 1.82. The molecule has 0 radical (unpaired) electrons. The molecule has 0 fully saturated rings. The van der Waals surface area contributed by atoms with Gasteiger partial charge in [-0.3, -0.25) is 0 Å². The van der Waals surface area contributed by atoms with Crippen LogP contribution in [0, 0.1) is 0 Å². The minimum atomic E-state index is -3.06. The first kappa shape index (κ1) is 12.8. The fraction of sp³-hybridized carbons (Fsp3) is 1.00. The van der Waals surface area contributed by atoms with Gasteiger partial charge in [0.2, 0.25) is 10.0 Å². The highest BCUT2D eigenvalue weighted by atomic mass is 32.2. The molecule has 0 bridgehead atoms. The highest BCUT2D eigenvalue weighted by Crippen LogP contribution is 1.83. The van der Waals surface area contributed by atoms with E-state index in [2.05, 4.69) is 15.4 Å². The molecular formula is C7H19N3O2S. The van der Waals surface area contributed by atoms with Crippen LogP contribution in [0.25, 0.3) is 0 Å². The quantitative estimate of drug-likeness (QED) is 0.436. The van der Waals surface area contributed by atoms with Gasteiger partial charge in [-0.25, -0.2) is 13.1 Å². The Morgan fingerprint density at radius 2 is 1.62 bits per heavy atom. The van der Waals surface area contributed by atoms with Gasteiger partial charge in [-0.1, -0.05) is 0 Å². The molecule has 0 aromatic carbocycles. The topological polar surface area (TPSA) is 70.2 Å². The van der Waals surface area contributed by atoms with Gasteiger partial charge >= 0.3 is 0 Å². The molecule has 80 valence electrons. The van der Waals surface area contributed by atoms with Gasteiger partial charge in [0.1, 0.15) is 0 Å². The van der Waals surface area contributed by atoms with Gasteiger partial charge in [0, 0.05) is 13.1 Å². The lowest BCUT2D eigenvalue weighted by Gasteiger charge is -2.05. The zero-order valence-corrected chi connectivity index (χ0v) is 9.08. The smallest absolute Gasteiger partial charge is 0.212 e. The fourth-order valence-electron chi connectivity index (χ4n) is 0.801. The average molecular weight is 209 g/mol. The van der Waals surface area contributed by atoms with Crippen LogP contribution in [-0.2, 0) is 10.0 Å². The average Bonchev–Trinajstić information content (AvgIpc) is 2.09. The highest BCUT2D eigenvalue weighted by molar-refractivity contribution is 7.89. The van der Waals surface area contributed by atoms with Crippen LogP contribution in [-0.4, -0.2) is 47.9 Å². The zero-order chi connectivity index (χ0) is 10.2. The lowest BCUT2D eigenvalue weighted by Crippen LogP contribution is -2.32. The first-order chi connectivity index (χ1) is 6.12. The summed E-state index contributed by atoms with van der Waals surface area (Å²) in [4.78, 5) is 0. The van der Waals surface area contributed by atoms with Crippen LogP contribution in [0.1, 0.15) is 6.42 Å². The molecule has 0 aliphatic heterocycles. The molecule has 13 heavy (non-hydrogen) atoms. The summed E-state index contributed by atoms with van der Waals surface area (Å²) in [6.07, 6.45) is 0.815. The predicted octanol–water partition coefficient (Wildman–Crippen LogP) is -1.27. The second-order valence-electron chi connectivity index (χ2n) is 2.77. The number of rotatable bonds is 8. The van der Waals surface area contributed by atoms with Crippen molar-refractivity contribution in [2.45, 2.75) is 6.42 Å². The van der Waals surface area contributed by atoms with E-state index in [0.717, 1.165) is 13.0 Å². The van der Waals surface area contributed by atoms with E-state index in [1.807, 2.05) is 7.05 Å². The Kier molecular flexibility index (Phi) is 7.16. The Morgan fingerprint density at radius 1 is 1.00 bits per heavy atom. The summed E-state index contributed by atoms with van der Waals surface area (Å²) >= 11 is 0. The second-order valence-corrected chi connectivity index (χ2v) is 4.70. The monoisotopic (exact) mass is 209 g/mol. The Labute approximate surface area is 80.3 Å². The van der Waals surface area contributed by atoms with Gasteiger partial charge in [-0.05, 0) is 27.1 Å². The third-order valence-corrected chi connectivity index (χ3v) is 2.93. The van der Waals surface area contributed by atoms with Gasteiger partial charge in [0.05, 0.1) is 5.75 Å². The maximum atomic E-state index is 11.2. The molecule has 0 heterocycles. The van der Waals surface area contributed by atoms with Crippen LogP contribution in [0.2, 0.25) is 0 Å². The summed E-state index contributed by atoms with van der Waals surface area (Å²) in [5.74, 6) is 0.142. The summed E-state index contributed by atoms with van der Waals surface area (Å²) < 4.78 is 24.9. The van der Waals surface area contributed by atoms with Crippen molar-refractivity contribution in [3.63, 3.8) is 0 Å². The van der Waals surface area contributed by atoms with Crippen molar-refractivity contribution >= 4 is 10.0 Å². The van der Waals surface area contributed by atoms with Crippen molar-refractivity contribution in [2.24, 2.45) is 0 Å². The third-order valence-electron chi connectivity index (χ3n) is 1.55. The van der Waals surface area contributed by atoms with Crippen molar-refractivity contribution in [2.75, 3.05) is 39.5 Å². The molecule has 0 spiro atoms. The first-order valence-corrected chi connectivity index (χ1v) is 6.04. The molecule has 0 amide bonds. The SMILES string of the molecule is CNCCCNS(=O)(=O)CCNC. The molecule has 0 saturated heterocycles. The molecular weight excluding hydrogens is 190 g/mol. The van der Waals surface area contributed by atoms with E-state index in [1.165, 1.54) is 0 Å². The molecule has 0 saturated carbocycles. The lowest BCUT2D eigenvalue weighted by atomic mass is 10.4. The minimum Gasteiger partial charge on any atom is -0.320 e. The second kappa shape index (κ2) is 7.25. The maximum absolute atomic E-state index is 11.2. The van der Waals surface area contributed by atoms with Crippen molar-refractivity contribution < 1.29 is 8.42 Å². The molecule has 0 aliphatic rings. The van der Waals surface area contributed by atoms with E-state index < -0.39 is 10.0 Å². The van der Waals surface area contributed by atoms with Crippen LogP contribution in [0.15, 0.2) is 0 Å². The molecule has 0 aromatic rings. The van der Waals surface area contributed by atoms with E-state index >= 15 is 0 Å². The van der Waals surface area contributed by atoms with Crippen molar-refractivity contribution in [1.82, 2.24) is 15.4 Å². The lowest BCUT2D eigenvalue weighted by molar-refractivity contribution is 0.575. The van der Waals surface area contributed by atoms with E-state index in [9.17, 15) is 8.42 Å². The standard InChI is InChI=1S/C7H19N3O2S/c1-8-4-3-5-10-13(11,12)7-6-9-2/h8-10H,3-7H2,1-2H3. The molecule has 0 rings (SSSR count). The number of nitrogens with one attached hydrogen (secondary N) is 3. The predicted molar refractivity (Wildman–Crippen MR) is 54.3 cm³/mol. The van der Waals surface area contributed by atoms with Gasteiger partial charge in [0.25, 0.3) is 0 Å². The summed E-state index contributed by atoms with van der Waals surface area (Å²) in [5, 5.41) is 5.74. The Balaban J connectivity index is 3.52. The molecule has 5 nitrogen and oxygen atoms in total. The van der Waals surface area contributed by atoms with Crippen molar-refractivity contribution in [3.05, 3.63) is 0 Å². The maximum Gasteiger partial charge on any atom is 0.212 e. The largest absolute Gasteiger partial charge is 0.320 e. The first-order valence-electron chi connectivity index (χ1n) is 4.39. The molecule has 0 unspecified atom stereocenters. The van der Waals surface area contributed by atoms with Crippen LogP contribution >= 0.6 is 0 Å². The minimum absolute atomic E-state index is 0.142. The van der Waals surface area contributed by atoms with Gasteiger partial charge < -0.3 is 10.6 Å². The summed E-state index contributed by atoms with van der Waals surface area (Å²) in [6, 6.07) is 0. The molecule has 0 aliphatic carbocycles. The highest BCUT2D eigenvalue weighted by Gasteiger charge is 2.06. The third kappa shape index (κ3) is 8.17. The fourth-order valence-corrected chi connectivity index (χ4v) is 1.87. The Morgan fingerprint density at radius 3 is 2.15 bits per heavy atom. The number of hydrogen-bond acceptors (Lipinski definition) is 4. The van der Waals surface area contributed by atoms with Crippen molar-refractivity contribution in [1.29, 1.82) is 0 Å². The van der Waals surface area contributed by atoms with Crippen LogP contribution in [0.3, 0.4) is 0 Å². The molecule has 6 heteroatoms. The number of sulfonamides is 1. The van der Waals surface area contributed by atoms with E-state index in [0.29, 0.717) is 13.1 Å².